The van der Waals surface area contributed by atoms with Crippen LogP contribution in [0.2, 0.25) is 0 Å². The predicted octanol–water partition coefficient (Wildman–Crippen LogP) is 2.70. The minimum absolute atomic E-state index is 0.0659. The van der Waals surface area contributed by atoms with Crippen LogP contribution in [0.3, 0.4) is 0 Å². The number of anilines is 1. The van der Waals surface area contributed by atoms with Gasteiger partial charge in [-0.2, -0.15) is 0 Å². The quantitative estimate of drug-likeness (QED) is 0.748. The first-order chi connectivity index (χ1) is 13.0. The number of carbonyl (C=O) groups is 3. The Balaban J connectivity index is 1.72. The molecule has 3 rings (SSSR count). The first-order valence-electron chi connectivity index (χ1n) is 8.52. The van der Waals surface area contributed by atoms with Gasteiger partial charge in [0.15, 0.2) is 6.04 Å². The van der Waals surface area contributed by atoms with Crippen LogP contribution in [0, 0.1) is 5.92 Å². The molecule has 1 saturated heterocycles. The summed E-state index contributed by atoms with van der Waals surface area (Å²) in [6, 6.07) is 15.0. The molecule has 2 aromatic carbocycles. The van der Waals surface area contributed by atoms with E-state index in [0.717, 1.165) is 10.6 Å². The van der Waals surface area contributed by atoms with E-state index in [9.17, 15) is 19.5 Å². The summed E-state index contributed by atoms with van der Waals surface area (Å²) in [6.45, 7) is 0.240. The molecule has 0 spiro atoms. The highest BCUT2D eigenvalue weighted by atomic mass is 32.2. The molecule has 0 bridgehead atoms. The third kappa shape index (κ3) is 4.31. The molecule has 0 aromatic heterocycles. The maximum absolute atomic E-state index is 12.6. The van der Waals surface area contributed by atoms with Crippen molar-refractivity contribution in [3.8, 4) is 0 Å². The number of carboxylic acids is 1. The first-order valence-corrected chi connectivity index (χ1v) is 9.74. The smallest absolute Gasteiger partial charge is 0.330 e. The molecule has 1 unspecified atom stereocenters. The van der Waals surface area contributed by atoms with Gasteiger partial charge >= 0.3 is 5.97 Å². The van der Waals surface area contributed by atoms with Crippen molar-refractivity contribution in [2.45, 2.75) is 17.4 Å². The number of nitrogens with zero attached hydrogens (tertiary/aromatic N) is 1. The van der Waals surface area contributed by atoms with Gasteiger partial charge in [-0.15, -0.1) is 11.8 Å². The highest BCUT2D eigenvalue weighted by Gasteiger charge is 2.36. The van der Waals surface area contributed by atoms with E-state index in [4.69, 9.17) is 0 Å². The largest absolute Gasteiger partial charge is 0.479 e. The van der Waals surface area contributed by atoms with Gasteiger partial charge in [0.05, 0.1) is 5.92 Å². The average molecular weight is 384 g/mol. The van der Waals surface area contributed by atoms with E-state index in [0.29, 0.717) is 5.56 Å². The normalized spacial score (nSPS) is 17.6. The minimum Gasteiger partial charge on any atom is -0.479 e. The van der Waals surface area contributed by atoms with Crippen molar-refractivity contribution in [2.24, 2.45) is 5.92 Å². The molecule has 2 N–H and O–H groups in total. The van der Waals surface area contributed by atoms with Gasteiger partial charge in [0.2, 0.25) is 11.8 Å². The number of hydrogen-bond donors (Lipinski definition) is 2. The molecule has 1 aliphatic rings. The molecule has 2 atom stereocenters. The Hall–Kier alpha value is -2.80. The maximum Gasteiger partial charge on any atom is 0.330 e. The van der Waals surface area contributed by atoms with Crippen molar-refractivity contribution >= 4 is 35.2 Å². The molecule has 1 heterocycles. The number of thioether (sulfide) groups is 1. The summed E-state index contributed by atoms with van der Waals surface area (Å²) < 4.78 is 0. The zero-order chi connectivity index (χ0) is 19.4. The topological polar surface area (TPSA) is 86.7 Å². The van der Waals surface area contributed by atoms with Crippen molar-refractivity contribution in [3.63, 3.8) is 0 Å². The Bertz CT molecular complexity index is 856. The molecule has 140 valence electrons. The number of aliphatic carboxylic acids is 1. The van der Waals surface area contributed by atoms with E-state index in [2.05, 4.69) is 5.32 Å². The molecule has 27 heavy (non-hydrogen) atoms. The van der Waals surface area contributed by atoms with E-state index >= 15 is 0 Å². The van der Waals surface area contributed by atoms with Gasteiger partial charge < -0.3 is 15.3 Å². The van der Waals surface area contributed by atoms with Crippen LogP contribution in [-0.2, 0) is 14.4 Å². The molecule has 0 saturated carbocycles. The van der Waals surface area contributed by atoms with Gasteiger partial charge in [-0.25, -0.2) is 4.79 Å². The minimum atomic E-state index is -1.14. The van der Waals surface area contributed by atoms with Gasteiger partial charge in [-0.1, -0.05) is 36.4 Å². The highest BCUT2D eigenvalue weighted by Crippen LogP contribution is 2.28. The van der Waals surface area contributed by atoms with E-state index < -0.39 is 23.8 Å². The number of amides is 2. The summed E-state index contributed by atoms with van der Waals surface area (Å²) in [5.74, 6) is -2.28. The van der Waals surface area contributed by atoms with Crippen molar-refractivity contribution in [1.82, 2.24) is 5.32 Å². The Morgan fingerprint density at radius 2 is 1.93 bits per heavy atom. The van der Waals surface area contributed by atoms with Crippen LogP contribution >= 0.6 is 11.8 Å². The van der Waals surface area contributed by atoms with Crippen LogP contribution in [0.15, 0.2) is 59.5 Å². The molecular formula is C20H20N2O4S. The molecule has 0 aliphatic carbocycles. The zero-order valence-electron chi connectivity index (χ0n) is 14.8. The summed E-state index contributed by atoms with van der Waals surface area (Å²) in [5.41, 5.74) is 1.24. The van der Waals surface area contributed by atoms with Gasteiger partial charge in [0.25, 0.3) is 0 Å². The monoisotopic (exact) mass is 384 g/mol. The third-order valence-electron chi connectivity index (χ3n) is 4.53. The van der Waals surface area contributed by atoms with Crippen molar-refractivity contribution < 1.29 is 19.5 Å². The summed E-state index contributed by atoms with van der Waals surface area (Å²) in [6.07, 6.45) is 2.02. The lowest BCUT2D eigenvalue weighted by Gasteiger charge is -2.19. The Labute approximate surface area is 161 Å². The van der Waals surface area contributed by atoms with Crippen LogP contribution in [-0.4, -0.2) is 35.7 Å². The second-order valence-corrected chi connectivity index (χ2v) is 7.18. The van der Waals surface area contributed by atoms with Gasteiger partial charge in [0.1, 0.15) is 0 Å². The fourth-order valence-electron chi connectivity index (χ4n) is 3.10. The van der Waals surface area contributed by atoms with Crippen molar-refractivity contribution in [3.05, 3.63) is 60.2 Å². The molecule has 6 nitrogen and oxygen atoms in total. The number of carboxylic acid groups (broad SMARTS) is 1. The van der Waals surface area contributed by atoms with Crippen LogP contribution in [0.4, 0.5) is 5.69 Å². The molecule has 7 heteroatoms. The first kappa shape index (κ1) is 19.0. The van der Waals surface area contributed by atoms with Gasteiger partial charge in [-0.05, 0) is 30.0 Å². The van der Waals surface area contributed by atoms with E-state index in [1.54, 1.807) is 47.0 Å². The summed E-state index contributed by atoms with van der Waals surface area (Å²) in [7, 11) is 0. The number of rotatable bonds is 6. The van der Waals surface area contributed by atoms with Crippen molar-refractivity contribution in [2.75, 3.05) is 17.7 Å². The lowest BCUT2D eigenvalue weighted by molar-refractivity contribution is -0.142. The Morgan fingerprint density at radius 1 is 1.19 bits per heavy atom. The third-order valence-corrected chi connectivity index (χ3v) is 5.25. The SMILES string of the molecule is CSc1cccc(N2CC(C(=O)N[C@H](C(=O)O)c3ccccc3)CC2=O)c1. The number of benzene rings is 2. The Morgan fingerprint density at radius 3 is 2.59 bits per heavy atom. The van der Waals surface area contributed by atoms with Crippen LogP contribution in [0.5, 0.6) is 0 Å². The lowest BCUT2D eigenvalue weighted by Crippen LogP contribution is -2.38. The van der Waals surface area contributed by atoms with Crippen LogP contribution in [0.1, 0.15) is 18.0 Å². The van der Waals surface area contributed by atoms with Crippen molar-refractivity contribution in [1.29, 1.82) is 0 Å². The molecule has 2 aromatic rings. The second-order valence-electron chi connectivity index (χ2n) is 6.30. The fraction of sp³-hybridized carbons (Fsp3) is 0.250. The highest BCUT2D eigenvalue weighted by molar-refractivity contribution is 7.98. The van der Waals surface area contributed by atoms with E-state index in [-0.39, 0.29) is 18.9 Å². The molecular weight excluding hydrogens is 364 g/mol. The van der Waals surface area contributed by atoms with Crippen LogP contribution in [0.25, 0.3) is 0 Å². The second kappa shape index (κ2) is 8.26. The predicted molar refractivity (Wildman–Crippen MR) is 104 cm³/mol. The lowest BCUT2D eigenvalue weighted by atomic mass is 10.0. The summed E-state index contributed by atoms with van der Waals surface area (Å²) >= 11 is 1.58. The maximum atomic E-state index is 12.6. The van der Waals surface area contributed by atoms with Gasteiger partial charge in [0, 0.05) is 23.5 Å². The van der Waals surface area contributed by atoms with E-state index in [1.165, 1.54) is 0 Å². The zero-order valence-corrected chi connectivity index (χ0v) is 15.6. The molecule has 1 fully saturated rings. The average Bonchev–Trinajstić information content (AvgIpc) is 3.08. The van der Waals surface area contributed by atoms with Crippen LogP contribution < -0.4 is 10.2 Å². The number of carbonyl (C=O) groups excluding carboxylic acids is 2. The number of nitrogens with one attached hydrogen (secondary N) is 1. The standard InChI is InChI=1S/C20H20N2O4S/c1-27-16-9-5-8-15(11-16)22-12-14(10-17(22)23)19(24)21-18(20(25)26)13-6-3-2-4-7-13/h2-9,11,14,18H,10,12H2,1H3,(H,21,24)(H,25,26)/t14?,18-/m0/s1. The molecule has 0 radical (unpaired) electrons. The van der Waals surface area contributed by atoms with E-state index in [1.807, 2.05) is 30.5 Å². The summed E-state index contributed by atoms with van der Waals surface area (Å²) in [4.78, 5) is 39.2. The molecule has 1 aliphatic heterocycles. The fourth-order valence-corrected chi connectivity index (χ4v) is 3.56. The van der Waals surface area contributed by atoms with Gasteiger partial charge in [-0.3, -0.25) is 9.59 Å². The number of hydrogen-bond acceptors (Lipinski definition) is 4. The Kier molecular flexibility index (Phi) is 5.81. The molecule has 2 amide bonds. The summed E-state index contributed by atoms with van der Waals surface area (Å²) in [5, 5.41) is 12.0.